The fourth-order valence-electron chi connectivity index (χ4n) is 2.24. The van der Waals surface area contributed by atoms with Gasteiger partial charge in [0.1, 0.15) is 6.04 Å². The van der Waals surface area contributed by atoms with Crippen molar-refractivity contribution in [3.63, 3.8) is 0 Å². The average Bonchev–Trinajstić information content (AvgIpc) is 2.88. The number of non-ortho nitro benzene ring substituents is 1. The molecule has 0 saturated carbocycles. The Morgan fingerprint density at radius 1 is 1.38 bits per heavy atom. The fourth-order valence-corrected chi connectivity index (χ4v) is 2.24. The van der Waals surface area contributed by atoms with Crippen molar-refractivity contribution in [1.82, 2.24) is 10.3 Å². The molecule has 0 radical (unpaired) electrons. The van der Waals surface area contributed by atoms with E-state index in [1.165, 1.54) is 24.4 Å². The van der Waals surface area contributed by atoms with Gasteiger partial charge in [0.05, 0.1) is 11.3 Å². The monoisotopic (exact) mass is 341 g/mol. The normalized spacial score (nSPS) is 12.3. The number of aromatic nitrogens is 1. The van der Waals surface area contributed by atoms with Gasteiger partial charge in [0.2, 0.25) is 12.3 Å². The van der Waals surface area contributed by atoms with Crippen molar-refractivity contribution >= 4 is 28.5 Å². The van der Waals surface area contributed by atoms with Crippen molar-refractivity contribution in [2.75, 3.05) is 0 Å². The zero-order chi connectivity index (χ0) is 17.9. The van der Waals surface area contributed by atoms with Crippen LogP contribution in [0, 0.1) is 10.1 Å². The number of aliphatic carboxylic acids is 1. The number of nitrogens with one attached hydrogen (secondary N) is 2. The maximum absolute atomic E-state index is 12.3. The molecule has 1 aromatic carbocycles. The number of hydrogen-bond acceptors (Lipinski definition) is 4. The number of aromatic amines is 1. The Labute approximate surface area is 133 Å². The second-order valence-electron chi connectivity index (χ2n) is 5.06. The lowest BCUT2D eigenvalue weighted by Gasteiger charge is -2.13. The van der Waals surface area contributed by atoms with E-state index in [9.17, 15) is 28.5 Å². The third kappa shape index (κ3) is 4.03. The average molecular weight is 341 g/mol. The minimum absolute atomic E-state index is 0.162. The number of amides is 1. The quantitative estimate of drug-likeness (QED) is 0.523. The molecule has 8 nitrogen and oxygen atoms in total. The zero-order valence-corrected chi connectivity index (χ0v) is 12.2. The molecular formula is C14H13F2N3O5. The molecule has 1 aromatic heterocycles. The van der Waals surface area contributed by atoms with E-state index in [1.54, 1.807) is 0 Å². The largest absolute Gasteiger partial charge is 0.480 e. The summed E-state index contributed by atoms with van der Waals surface area (Å²) in [5.41, 5.74) is 0.794. The van der Waals surface area contributed by atoms with E-state index in [0.717, 1.165) is 0 Å². The van der Waals surface area contributed by atoms with Crippen molar-refractivity contribution in [2.24, 2.45) is 0 Å². The number of alkyl halides is 2. The summed E-state index contributed by atoms with van der Waals surface area (Å²) >= 11 is 0. The number of carbonyl (C=O) groups is 2. The molecule has 128 valence electrons. The van der Waals surface area contributed by atoms with Crippen LogP contribution in [0.5, 0.6) is 0 Å². The van der Waals surface area contributed by atoms with Crippen LogP contribution in [0.4, 0.5) is 14.5 Å². The molecule has 0 fully saturated rings. The van der Waals surface area contributed by atoms with Gasteiger partial charge in [-0.25, -0.2) is 13.6 Å². The highest BCUT2D eigenvalue weighted by Crippen LogP contribution is 2.24. The first kappa shape index (κ1) is 17.3. The molecule has 2 rings (SSSR count). The predicted molar refractivity (Wildman–Crippen MR) is 78.8 cm³/mol. The third-order valence-corrected chi connectivity index (χ3v) is 3.36. The predicted octanol–water partition coefficient (Wildman–Crippen LogP) is 1.84. The second-order valence-corrected chi connectivity index (χ2v) is 5.06. The lowest BCUT2D eigenvalue weighted by molar-refractivity contribution is -0.384. The molecule has 24 heavy (non-hydrogen) atoms. The Hall–Kier alpha value is -3.04. The van der Waals surface area contributed by atoms with E-state index < -0.39 is 35.7 Å². The molecule has 1 heterocycles. The van der Waals surface area contributed by atoms with Crippen LogP contribution in [0.25, 0.3) is 10.9 Å². The Kier molecular flexibility index (Phi) is 5.07. The number of nitro groups is 1. The summed E-state index contributed by atoms with van der Waals surface area (Å²) in [5.74, 6) is -2.33. The number of nitro benzene ring substituents is 1. The van der Waals surface area contributed by atoms with Gasteiger partial charge in [-0.2, -0.15) is 0 Å². The Morgan fingerprint density at radius 3 is 2.67 bits per heavy atom. The number of rotatable bonds is 7. The van der Waals surface area contributed by atoms with Gasteiger partial charge in [0, 0.05) is 35.7 Å². The number of carboxylic acids is 1. The summed E-state index contributed by atoms with van der Waals surface area (Å²) < 4.78 is 24.6. The van der Waals surface area contributed by atoms with E-state index in [-0.39, 0.29) is 12.1 Å². The number of hydrogen-bond donors (Lipinski definition) is 3. The molecule has 0 aliphatic rings. The van der Waals surface area contributed by atoms with Crippen LogP contribution < -0.4 is 5.32 Å². The zero-order valence-electron chi connectivity index (χ0n) is 12.2. The molecule has 3 N–H and O–H groups in total. The van der Waals surface area contributed by atoms with E-state index in [1.807, 2.05) is 5.32 Å². The van der Waals surface area contributed by atoms with Crippen molar-refractivity contribution in [1.29, 1.82) is 0 Å². The summed E-state index contributed by atoms with van der Waals surface area (Å²) in [6.07, 6.45) is -2.71. The Morgan fingerprint density at radius 2 is 2.08 bits per heavy atom. The summed E-state index contributed by atoms with van der Waals surface area (Å²) in [6, 6.07) is 2.36. The number of carbonyl (C=O) groups excluding carboxylic acids is 1. The molecule has 0 aliphatic heterocycles. The number of nitrogens with zero attached hydrogens (tertiary/aromatic N) is 1. The van der Waals surface area contributed by atoms with E-state index >= 15 is 0 Å². The summed E-state index contributed by atoms with van der Waals surface area (Å²) in [4.78, 5) is 35.8. The van der Waals surface area contributed by atoms with E-state index in [0.29, 0.717) is 16.5 Å². The number of carboxylic acid groups (broad SMARTS) is 1. The second kappa shape index (κ2) is 7.02. The van der Waals surface area contributed by atoms with Gasteiger partial charge < -0.3 is 15.4 Å². The lowest BCUT2D eigenvalue weighted by Crippen LogP contribution is -2.42. The maximum Gasteiger partial charge on any atom is 0.326 e. The maximum atomic E-state index is 12.3. The van der Waals surface area contributed by atoms with Crippen LogP contribution in [-0.4, -0.2) is 39.4 Å². The smallest absolute Gasteiger partial charge is 0.326 e. The lowest BCUT2D eigenvalue weighted by atomic mass is 10.1. The van der Waals surface area contributed by atoms with Gasteiger partial charge in [0.15, 0.2) is 0 Å². The molecular weight excluding hydrogens is 328 g/mol. The van der Waals surface area contributed by atoms with Gasteiger partial charge in [-0.05, 0) is 11.6 Å². The summed E-state index contributed by atoms with van der Waals surface area (Å²) in [5, 5.41) is 22.1. The van der Waals surface area contributed by atoms with Gasteiger partial charge in [-0.1, -0.05) is 0 Å². The van der Waals surface area contributed by atoms with Crippen LogP contribution in [0.3, 0.4) is 0 Å². The first-order chi connectivity index (χ1) is 11.3. The van der Waals surface area contributed by atoms with Crippen molar-refractivity contribution in [2.45, 2.75) is 25.3 Å². The van der Waals surface area contributed by atoms with E-state index in [2.05, 4.69) is 4.98 Å². The molecule has 1 atom stereocenters. The number of halogens is 2. The van der Waals surface area contributed by atoms with Gasteiger partial charge in [0.25, 0.3) is 5.69 Å². The minimum Gasteiger partial charge on any atom is -0.480 e. The molecule has 1 unspecified atom stereocenters. The van der Waals surface area contributed by atoms with Crippen LogP contribution in [-0.2, 0) is 16.0 Å². The molecule has 0 saturated heterocycles. The van der Waals surface area contributed by atoms with Crippen LogP contribution in [0.2, 0.25) is 0 Å². The highest BCUT2D eigenvalue weighted by molar-refractivity contribution is 5.91. The fraction of sp³-hybridized carbons (Fsp3) is 0.286. The molecule has 0 aliphatic carbocycles. The summed E-state index contributed by atoms with van der Waals surface area (Å²) in [7, 11) is 0. The standard InChI is InChI=1S/C14H13F2N3O5/c15-12(16)5-11(14(21)22)18-13(20)3-7-6-17-10-2-1-8(19(23)24)4-9(7)10/h1-2,4,6,11-12,17H,3,5H2,(H,18,20)(H,21,22). The Bertz CT molecular complexity index is 790. The number of fused-ring (bicyclic) bond motifs is 1. The SMILES string of the molecule is O=C(Cc1c[nH]c2ccc([N+](=O)[O-])cc12)NC(CC(F)F)C(=O)O. The molecule has 0 spiro atoms. The van der Waals surface area contributed by atoms with Crippen molar-refractivity contribution < 1.29 is 28.4 Å². The molecule has 1 amide bonds. The molecule has 0 bridgehead atoms. The topological polar surface area (TPSA) is 125 Å². The van der Waals surface area contributed by atoms with Crippen molar-refractivity contribution in [3.05, 3.63) is 40.1 Å². The Balaban J connectivity index is 2.16. The van der Waals surface area contributed by atoms with Crippen LogP contribution >= 0.6 is 0 Å². The number of H-pyrrole nitrogens is 1. The first-order valence-electron chi connectivity index (χ1n) is 6.82. The van der Waals surface area contributed by atoms with Crippen LogP contribution in [0.15, 0.2) is 24.4 Å². The molecule has 10 heteroatoms. The summed E-state index contributed by atoms with van der Waals surface area (Å²) in [6.45, 7) is 0. The highest BCUT2D eigenvalue weighted by atomic mass is 19.3. The van der Waals surface area contributed by atoms with Crippen LogP contribution in [0.1, 0.15) is 12.0 Å². The van der Waals surface area contributed by atoms with Gasteiger partial charge in [-0.15, -0.1) is 0 Å². The van der Waals surface area contributed by atoms with Gasteiger partial charge >= 0.3 is 5.97 Å². The molecule has 2 aromatic rings. The van der Waals surface area contributed by atoms with E-state index in [4.69, 9.17) is 5.11 Å². The first-order valence-corrected chi connectivity index (χ1v) is 6.82. The third-order valence-electron chi connectivity index (χ3n) is 3.36. The number of benzene rings is 1. The van der Waals surface area contributed by atoms with Gasteiger partial charge in [-0.3, -0.25) is 14.9 Å². The minimum atomic E-state index is -2.87. The van der Waals surface area contributed by atoms with Crippen molar-refractivity contribution in [3.8, 4) is 0 Å². The highest BCUT2D eigenvalue weighted by Gasteiger charge is 2.24.